The summed E-state index contributed by atoms with van der Waals surface area (Å²) in [6.45, 7) is 4.72. The Morgan fingerprint density at radius 1 is 0.431 bits per heavy atom. The molecular formula is C49H36N2. The molecule has 1 N–H and O–H groups in total. The lowest BCUT2D eigenvalue weighted by Gasteiger charge is -2.27. The van der Waals surface area contributed by atoms with Crippen molar-refractivity contribution in [2.45, 2.75) is 19.3 Å². The van der Waals surface area contributed by atoms with Crippen molar-refractivity contribution in [1.82, 2.24) is 4.98 Å². The molecule has 0 saturated heterocycles. The first kappa shape index (κ1) is 29.5. The van der Waals surface area contributed by atoms with Crippen LogP contribution in [0.4, 0.5) is 17.1 Å². The molecule has 0 atom stereocenters. The van der Waals surface area contributed by atoms with Crippen LogP contribution < -0.4 is 4.90 Å². The molecule has 0 radical (unpaired) electrons. The molecule has 1 heterocycles. The van der Waals surface area contributed by atoms with Crippen LogP contribution in [0.15, 0.2) is 176 Å². The number of para-hydroxylation sites is 1. The second kappa shape index (κ2) is 11.3. The highest BCUT2D eigenvalue weighted by Gasteiger charge is 2.37. The molecule has 0 bridgehead atoms. The summed E-state index contributed by atoms with van der Waals surface area (Å²) < 4.78 is 0. The van der Waals surface area contributed by atoms with E-state index in [2.05, 4.69) is 200 Å². The van der Waals surface area contributed by atoms with E-state index >= 15 is 0 Å². The summed E-state index contributed by atoms with van der Waals surface area (Å²) in [4.78, 5) is 6.28. The van der Waals surface area contributed by atoms with Crippen molar-refractivity contribution in [3.05, 3.63) is 187 Å². The molecule has 2 heteroatoms. The summed E-state index contributed by atoms with van der Waals surface area (Å²) in [5.41, 5.74) is 15.8. The first-order chi connectivity index (χ1) is 25.0. The Morgan fingerprint density at radius 3 is 1.96 bits per heavy atom. The van der Waals surface area contributed by atoms with Crippen LogP contribution in [0.1, 0.15) is 25.0 Å². The van der Waals surface area contributed by atoms with Crippen molar-refractivity contribution in [3.8, 4) is 33.4 Å². The van der Waals surface area contributed by atoms with Crippen molar-refractivity contribution < 1.29 is 0 Å². The van der Waals surface area contributed by atoms with E-state index in [0.717, 1.165) is 28.1 Å². The normalized spacial score (nSPS) is 13.1. The van der Waals surface area contributed by atoms with Crippen LogP contribution in [0.5, 0.6) is 0 Å². The van der Waals surface area contributed by atoms with Crippen LogP contribution in [0, 0.1) is 0 Å². The maximum Gasteiger partial charge on any atom is 0.0546 e. The third kappa shape index (κ3) is 4.64. The van der Waals surface area contributed by atoms with Gasteiger partial charge in [0, 0.05) is 44.3 Å². The van der Waals surface area contributed by atoms with Crippen molar-refractivity contribution >= 4 is 49.6 Å². The number of rotatable bonds is 5. The molecule has 1 aliphatic rings. The summed E-state index contributed by atoms with van der Waals surface area (Å²) in [7, 11) is 0. The number of H-pyrrole nitrogens is 1. The summed E-state index contributed by atoms with van der Waals surface area (Å²) in [5.74, 6) is 0. The van der Waals surface area contributed by atoms with E-state index in [9.17, 15) is 0 Å². The van der Waals surface area contributed by atoms with Crippen LogP contribution in [-0.2, 0) is 5.41 Å². The average Bonchev–Trinajstić information content (AvgIpc) is 3.67. The van der Waals surface area contributed by atoms with Gasteiger partial charge in [-0.05, 0) is 92.2 Å². The third-order valence-electron chi connectivity index (χ3n) is 11.0. The van der Waals surface area contributed by atoms with Gasteiger partial charge in [0.2, 0.25) is 0 Å². The topological polar surface area (TPSA) is 19.0 Å². The van der Waals surface area contributed by atoms with E-state index in [-0.39, 0.29) is 5.41 Å². The Kier molecular flexibility index (Phi) is 6.56. The zero-order valence-corrected chi connectivity index (χ0v) is 28.7. The highest BCUT2D eigenvalue weighted by molar-refractivity contribution is 6.15. The maximum absolute atomic E-state index is 3.86. The summed E-state index contributed by atoms with van der Waals surface area (Å²) in [5, 5.41) is 4.89. The van der Waals surface area contributed by atoms with E-state index in [0.29, 0.717) is 0 Å². The Balaban J connectivity index is 1.26. The number of aromatic amines is 1. The van der Waals surface area contributed by atoms with Gasteiger partial charge < -0.3 is 9.88 Å². The summed E-state index contributed by atoms with van der Waals surface area (Å²) in [6.07, 6.45) is 0. The molecule has 0 unspecified atom stereocenters. The Morgan fingerprint density at radius 2 is 1.10 bits per heavy atom. The fraction of sp³-hybridized carbons (Fsp3) is 0.0612. The lowest BCUT2D eigenvalue weighted by Crippen LogP contribution is -2.14. The van der Waals surface area contributed by atoms with Crippen LogP contribution in [0.25, 0.3) is 66.0 Å². The molecule has 9 aromatic rings. The van der Waals surface area contributed by atoms with Crippen LogP contribution in [0.2, 0.25) is 0 Å². The fourth-order valence-corrected chi connectivity index (χ4v) is 8.45. The first-order valence-electron chi connectivity index (χ1n) is 17.8. The van der Waals surface area contributed by atoms with Crippen molar-refractivity contribution in [2.75, 3.05) is 4.90 Å². The maximum atomic E-state index is 3.86. The number of hydrogen-bond acceptors (Lipinski definition) is 1. The summed E-state index contributed by atoms with van der Waals surface area (Å²) >= 11 is 0. The molecule has 0 saturated carbocycles. The minimum Gasteiger partial charge on any atom is -0.354 e. The van der Waals surface area contributed by atoms with Gasteiger partial charge in [0.05, 0.1) is 5.52 Å². The number of fused-ring (bicyclic) bond motifs is 7. The third-order valence-corrected chi connectivity index (χ3v) is 11.0. The van der Waals surface area contributed by atoms with Crippen molar-refractivity contribution in [1.29, 1.82) is 0 Å². The molecule has 8 aromatic carbocycles. The van der Waals surface area contributed by atoms with Gasteiger partial charge in [-0.3, -0.25) is 0 Å². The van der Waals surface area contributed by atoms with E-state index < -0.39 is 0 Å². The van der Waals surface area contributed by atoms with Gasteiger partial charge in [-0.15, -0.1) is 0 Å². The molecule has 2 nitrogen and oxygen atoms in total. The standard InChI is InChI=1S/C49H36N2/c1-49(2)44-20-10-8-18-41(44)47-40(19-12-21-45(47)49)43-31-38(30-42-39-17-9-11-22-46(39)50-48(42)43)51(37-28-25-33-15-6-7-16-35(33)29-37)36-26-23-34(24-27-36)32-13-4-3-5-14-32/h3-31,50H,1-2H3. The lowest BCUT2D eigenvalue weighted by molar-refractivity contribution is 0.660. The largest absolute Gasteiger partial charge is 0.354 e. The predicted molar refractivity (Wildman–Crippen MR) is 216 cm³/mol. The number of nitrogens with zero attached hydrogens (tertiary/aromatic N) is 1. The minimum absolute atomic E-state index is 0.0866. The minimum atomic E-state index is -0.0866. The second-order valence-electron chi connectivity index (χ2n) is 14.3. The molecule has 10 rings (SSSR count). The van der Waals surface area contributed by atoms with Gasteiger partial charge in [-0.25, -0.2) is 0 Å². The lowest BCUT2D eigenvalue weighted by atomic mass is 9.82. The number of nitrogens with one attached hydrogen (secondary N) is 1. The highest BCUT2D eigenvalue weighted by atomic mass is 15.1. The van der Waals surface area contributed by atoms with Gasteiger partial charge in [-0.1, -0.05) is 147 Å². The van der Waals surface area contributed by atoms with Gasteiger partial charge in [0.15, 0.2) is 0 Å². The van der Waals surface area contributed by atoms with Gasteiger partial charge in [0.1, 0.15) is 0 Å². The first-order valence-corrected chi connectivity index (χ1v) is 17.8. The summed E-state index contributed by atoms with van der Waals surface area (Å²) in [6, 6.07) is 64.3. The number of hydrogen-bond donors (Lipinski definition) is 1. The van der Waals surface area contributed by atoms with E-state index in [1.807, 2.05) is 0 Å². The quantitative estimate of drug-likeness (QED) is 0.196. The zero-order valence-electron chi connectivity index (χ0n) is 28.7. The highest BCUT2D eigenvalue weighted by Crippen LogP contribution is 2.53. The van der Waals surface area contributed by atoms with Crippen LogP contribution in [0.3, 0.4) is 0 Å². The Hall–Kier alpha value is -6.38. The van der Waals surface area contributed by atoms with Gasteiger partial charge in [-0.2, -0.15) is 0 Å². The molecule has 0 aliphatic heterocycles. The SMILES string of the molecule is CC1(C)c2ccccc2-c2c(-c3cc(N(c4ccc(-c5ccccc5)cc4)c4ccc5ccccc5c4)cc4c3[nH]c3ccccc34)cccc21. The van der Waals surface area contributed by atoms with E-state index in [1.54, 1.807) is 0 Å². The number of anilines is 3. The average molecular weight is 653 g/mol. The fourth-order valence-electron chi connectivity index (χ4n) is 8.45. The van der Waals surface area contributed by atoms with E-state index in [4.69, 9.17) is 0 Å². The Bertz CT molecular complexity index is 2770. The van der Waals surface area contributed by atoms with Gasteiger partial charge >= 0.3 is 0 Å². The molecule has 242 valence electrons. The smallest absolute Gasteiger partial charge is 0.0546 e. The Labute approximate surface area is 298 Å². The number of aromatic nitrogens is 1. The second-order valence-corrected chi connectivity index (χ2v) is 14.3. The molecule has 0 fully saturated rings. The molecule has 0 amide bonds. The van der Waals surface area contributed by atoms with E-state index in [1.165, 1.54) is 66.1 Å². The van der Waals surface area contributed by atoms with Gasteiger partial charge in [0.25, 0.3) is 0 Å². The predicted octanol–water partition coefficient (Wildman–Crippen LogP) is 13.6. The molecule has 51 heavy (non-hydrogen) atoms. The number of benzene rings is 8. The molecule has 1 aromatic heterocycles. The molecule has 1 aliphatic carbocycles. The van der Waals surface area contributed by atoms with Crippen molar-refractivity contribution in [2.24, 2.45) is 0 Å². The molecular weight excluding hydrogens is 617 g/mol. The van der Waals surface area contributed by atoms with Crippen molar-refractivity contribution in [3.63, 3.8) is 0 Å². The molecule has 0 spiro atoms. The van der Waals surface area contributed by atoms with Crippen LogP contribution >= 0.6 is 0 Å². The monoisotopic (exact) mass is 652 g/mol. The zero-order chi connectivity index (χ0) is 34.1. The van der Waals surface area contributed by atoms with Crippen LogP contribution in [-0.4, -0.2) is 4.98 Å².